The van der Waals surface area contributed by atoms with Crippen molar-refractivity contribution in [3.05, 3.63) is 126 Å². The van der Waals surface area contributed by atoms with Gasteiger partial charge in [-0.2, -0.15) is 0 Å². The molecule has 0 saturated heterocycles. The van der Waals surface area contributed by atoms with E-state index >= 15 is 0 Å². The van der Waals surface area contributed by atoms with Crippen molar-refractivity contribution in [3.63, 3.8) is 0 Å². The van der Waals surface area contributed by atoms with Crippen LogP contribution in [0.1, 0.15) is 57.9 Å². The second-order valence-corrected chi connectivity index (χ2v) is 12.6. The van der Waals surface area contributed by atoms with Gasteiger partial charge in [0.2, 0.25) is 5.91 Å². The molecule has 1 aromatic rings. The van der Waals surface area contributed by atoms with Crippen LogP contribution in [0.4, 0.5) is 5.69 Å². The first kappa shape index (κ1) is 35.4. The predicted octanol–water partition coefficient (Wildman–Crippen LogP) is 7.55. The Labute approximate surface area is 281 Å². The summed E-state index contributed by atoms with van der Waals surface area (Å²) in [6, 6.07) is 8.09. The zero-order chi connectivity index (χ0) is 33.8. The Hall–Kier alpha value is -4.49. The molecule has 0 fully saturated rings. The third kappa shape index (κ3) is 9.07. The predicted molar refractivity (Wildman–Crippen MR) is 197 cm³/mol. The quantitative estimate of drug-likeness (QED) is 0.0547. The number of hydrogen-bond donors (Lipinski definition) is 4. The average Bonchev–Trinajstić information content (AvgIpc) is 3.80. The fourth-order valence-corrected chi connectivity index (χ4v) is 6.65. The Kier molecular flexibility index (Phi) is 12.7. The number of unbranched alkanes of at least 4 members (excludes halogenated alkanes) is 1. The standard InChI is InChI=1S/C40H51N5O2/c1-6-33-34(39(33)45(8-3)27-10-9-24-43-26-25-42-5)19-22-37(46)36(41)21-14-29-13-20-35-30(28-29)12-11-23-40(35,4)31-15-17-32(18-16-31)44-38(47)7-2/h6-7,11-13,15-20,22,25-26,29,33,37,41,43,46H,1-2,5,8-10,14,21,23-24,27-28H2,3-4H3,(H,44,47)/b22-19+,26-25-,41-36?/t29?,33-,37?,40+/m1/s1. The van der Waals surface area contributed by atoms with Crippen molar-refractivity contribution >= 4 is 24.0 Å². The summed E-state index contributed by atoms with van der Waals surface area (Å²) in [6.07, 6.45) is 23.9. The van der Waals surface area contributed by atoms with E-state index in [1.54, 1.807) is 12.3 Å². The van der Waals surface area contributed by atoms with E-state index in [-0.39, 0.29) is 17.2 Å². The highest BCUT2D eigenvalue weighted by atomic mass is 16.3. The number of nitrogens with one attached hydrogen (secondary N) is 3. The van der Waals surface area contributed by atoms with Crippen molar-refractivity contribution in [1.82, 2.24) is 10.2 Å². The summed E-state index contributed by atoms with van der Waals surface area (Å²) < 4.78 is 0. The van der Waals surface area contributed by atoms with Crippen LogP contribution in [0.2, 0.25) is 0 Å². The SMILES string of the molecule is C=CC(=O)Nc1ccc([C@]2(C)CC=CC3=C2C=CC(CCC(=N)C(O)/C=C/C2=C(N(CC)CCCCN/C=C\N=C)[C@@H]2C=C)C3)cc1. The molecule has 3 aliphatic rings. The second-order valence-electron chi connectivity index (χ2n) is 12.6. The molecule has 0 heterocycles. The zero-order valence-corrected chi connectivity index (χ0v) is 28.1. The van der Waals surface area contributed by atoms with Crippen LogP contribution in [-0.4, -0.2) is 54.1 Å². The van der Waals surface area contributed by atoms with E-state index < -0.39 is 6.10 Å². The molecule has 1 amide bonds. The van der Waals surface area contributed by atoms with Gasteiger partial charge >= 0.3 is 0 Å². The maximum absolute atomic E-state index is 11.7. The molecule has 2 unspecified atom stereocenters. The van der Waals surface area contributed by atoms with Crippen molar-refractivity contribution in [2.24, 2.45) is 16.8 Å². The van der Waals surface area contributed by atoms with Crippen LogP contribution in [-0.2, 0) is 10.2 Å². The Morgan fingerprint density at radius 2 is 2.02 bits per heavy atom. The van der Waals surface area contributed by atoms with Crippen molar-refractivity contribution in [3.8, 4) is 0 Å². The van der Waals surface area contributed by atoms with Crippen molar-refractivity contribution < 1.29 is 9.90 Å². The first-order valence-corrected chi connectivity index (χ1v) is 16.8. The number of benzene rings is 1. The van der Waals surface area contributed by atoms with E-state index in [0.717, 1.165) is 57.4 Å². The minimum absolute atomic E-state index is 0.148. The summed E-state index contributed by atoms with van der Waals surface area (Å²) in [5.41, 5.74) is 7.30. The summed E-state index contributed by atoms with van der Waals surface area (Å²) in [6.45, 7) is 18.2. The number of carbonyl (C=O) groups is 1. The number of anilines is 1. The number of carbonyl (C=O) groups excluding carboxylic acids is 1. The third-order valence-corrected chi connectivity index (χ3v) is 9.47. The first-order valence-electron chi connectivity index (χ1n) is 16.8. The highest BCUT2D eigenvalue weighted by Gasteiger charge is 2.36. The molecule has 4 atom stereocenters. The molecule has 0 saturated carbocycles. The van der Waals surface area contributed by atoms with Gasteiger partial charge in [0, 0.05) is 60.5 Å². The Morgan fingerprint density at radius 1 is 1.23 bits per heavy atom. The van der Waals surface area contributed by atoms with Gasteiger partial charge in [-0.3, -0.25) is 9.79 Å². The normalized spacial score (nSPS) is 22.3. The average molecular weight is 634 g/mol. The monoisotopic (exact) mass is 633 g/mol. The van der Waals surface area contributed by atoms with E-state index in [2.05, 4.69) is 90.7 Å². The molecule has 7 nitrogen and oxygen atoms in total. The summed E-state index contributed by atoms with van der Waals surface area (Å²) in [7, 11) is 0. The van der Waals surface area contributed by atoms with Crippen LogP contribution in [0.5, 0.6) is 0 Å². The van der Waals surface area contributed by atoms with E-state index in [0.29, 0.717) is 18.1 Å². The van der Waals surface area contributed by atoms with Crippen LogP contribution in [0.15, 0.2) is 126 Å². The topological polar surface area (TPSA) is 101 Å². The fraction of sp³-hybridized carbons (Fsp3) is 0.375. The summed E-state index contributed by atoms with van der Waals surface area (Å²) in [5, 5.41) is 25.5. The first-order chi connectivity index (χ1) is 22.7. The minimum Gasteiger partial charge on any atom is -0.390 e. The lowest BCUT2D eigenvalue weighted by molar-refractivity contribution is -0.111. The minimum atomic E-state index is -0.895. The van der Waals surface area contributed by atoms with Gasteiger partial charge < -0.3 is 26.0 Å². The second kappa shape index (κ2) is 16.9. The molecule has 4 N–H and O–H groups in total. The third-order valence-electron chi connectivity index (χ3n) is 9.47. The van der Waals surface area contributed by atoms with Gasteiger partial charge in [-0.05, 0) is 98.6 Å². The number of hydrogen-bond acceptors (Lipinski definition) is 6. The van der Waals surface area contributed by atoms with Gasteiger partial charge in [-0.15, -0.1) is 6.58 Å². The number of aliphatic hydroxyl groups is 1. The van der Waals surface area contributed by atoms with E-state index in [9.17, 15) is 9.90 Å². The maximum Gasteiger partial charge on any atom is 0.247 e. The molecule has 0 spiro atoms. The molecule has 3 aliphatic carbocycles. The van der Waals surface area contributed by atoms with E-state index in [1.807, 2.05) is 30.5 Å². The molecule has 1 aromatic carbocycles. The molecular formula is C40H51N5O2. The lowest BCUT2D eigenvalue weighted by Gasteiger charge is -2.38. The van der Waals surface area contributed by atoms with E-state index in [1.165, 1.54) is 34.1 Å². The van der Waals surface area contributed by atoms with Crippen molar-refractivity contribution in [2.45, 2.75) is 63.9 Å². The number of nitrogens with zero attached hydrogens (tertiary/aromatic N) is 2. The molecule has 0 aromatic heterocycles. The molecular weight excluding hydrogens is 582 g/mol. The van der Waals surface area contributed by atoms with Crippen molar-refractivity contribution in [1.29, 1.82) is 5.41 Å². The summed E-state index contributed by atoms with van der Waals surface area (Å²) >= 11 is 0. The summed E-state index contributed by atoms with van der Waals surface area (Å²) in [4.78, 5) is 17.8. The zero-order valence-electron chi connectivity index (χ0n) is 28.1. The van der Waals surface area contributed by atoms with E-state index in [4.69, 9.17) is 5.41 Å². The number of allylic oxidation sites excluding steroid dienone is 9. The molecule has 7 heteroatoms. The number of aliphatic hydroxyl groups excluding tert-OH is 1. The van der Waals surface area contributed by atoms with Crippen LogP contribution in [0.3, 0.4) is 0 Å². The van der Waals surface area contributed by atoms with Gasteiger partial charge in [-0.25, -0.2) is 0 Å². The van der Waals surface area contributed by atoms with Crippen LogP contribution < -0.4 is 10.6 Å². The summed E-state index contributed by atoms with van der Waals surface area (Å²) in [5.74, 6) is 0.316. The van der Waals surface area contributed by atoms with Crippen LogP contribution >= 0.6 is 0 Å². The number of rotatable bonds is 19. The van der Waals surface area contributed by atoms with Gasteiger partial charge in [0.1, 0.15) is 6.10 Å². The number of aliphatic imine (C=N–C) groups is 1. The highest BCUT2D eigenvalue weighted by Crippen LogP contribution is 2.46. The van der Waals surface area contributed by atoms with Gasteiger partial charge in [0.15, 0.2) is 0 Å². The Morgan fingerprint density at radius 3 is 2.72 bits per heavy atom. The lowest BCUT2D eigenvalue weighted by atomic mass is 9.66. The maximum atomic E-state index is 11.7. The van der Waals surface area contributed by atoms with Gasteiger partial charge in [0.25, 0.3) is 0 Å². The molecule has 248 valence electrons. The number of amides is 1. The Balaban J connectivity index is 1.28. The molecule has 4 rings (SSSR count). The van der Waals surface area contributed by atoms with Crippen LogP contribution in [0.25, 0.3) is 0 Å². The smallest absolute Gasteiger partial charge is 0.247 e. The van der Waals surface area contributed by atoms with Gasteiger partial charge in [-0.1, -0.05) is 68.2 Å². The molecule has 0 bridgehead atoms. The van der Waals surface area contributed by atoms with Gasteiger partial charge in [0.05, 0.1) is 0 Å². The molecule has 47 heavy (non-hydrogen) atoms. The lowest BCUT2D eigenvalue weighted by Crippen LogP contribution is -2.28. The molecule has 0 radical (unpaired) electrons. The van der Waals surface area contributed by atoms with Crippen molar-refractivity contribution in [2.75, 3.05) is 25.0 Å². The highest BCUT2D eigenvalue weighted by molar-refractivity contribution is 5.98. The Bertz CT molecular complexity index is 1510. The van der Waals surface area contributed by atoms with Crippen LogP contribution in [0, 0.1) is 17.2 Å². The fourth-order valence-electron chi connectivity index (χ4n) is 6.65. The largest absolute Gasteiger partial charge is 0.390 e. The molecule has 0 aliphatic heterocycles.